The molecule has 0 aliphatic carbocycles. The predicted octanol–water partition coefficient (Wildman–Crippen LogP) is 2.84. The van der Waals surface area contributed by atoms with Crippen molar-refractivity contribution < 1.29 is 14.3 Å². The van der Waals surface area contributed by atoms with Crippen molar-refractivity contribution in [2.75, 3.05) is 23.9 Å². The van der Waals surface area contributed by atoms with Crippen molar-refractivity contribution in [3.63, 3.8) is 0 Å². The van der Waals surface area contributed by atoms with Crippen molar-refractivity contribution in [3.8, 4) is 11.4 Å². The molecular formula is C19H16ClN5O3. The Morgan fingerprint density at radius 1 is 1.21 bits per heavy atom. The van der Waals surface area contributed by atoms with Crippen LogP contribution in [0, 0.1) is 6.92 Å². The number of aromatic nitrogens is 3. The summed E-state index contributed by atoms with van der Waals surface area (Å²) in [5, 5.41) is 11.3. The number of nitrogens with zero attached hydrogens (tertiary/aromatic N) is 4. The Balaban J connectivity index is 1.60. The van der Waals surface area contributed by atoms with Gasteiger partial charge in [-0.1, -0.05) is 28.9 Å². The fraction of sp³-hybridized carbons (Fsp3) is 0.158. The van der Waals surface area contributed by atoms with Crippen LogP contribution in [-0.4, -0.2) is 40.5 Å². The molecule has 0 bridgehead atoms. The zero-order valence-corrected chi connectivity index (χ0v) is 15.9. The van der Waals surface area contributed by atoms with E-state index in [4.69, 9.17) is 16.3 Å². The smallest absolute Gasteiger partial charge is 0.278 e. The first kappa shape index (κ1) is 18.0. The highest BCUT2D eigenvalue weighted by atomic mass is 35.5. The molecule has 8 nitrogen and oxygen atoms in total. The number of likely N-dealkylation sites (N-methyl/N-ethyl adjacent to an activating group) is 1. The molecule has 142 valence electrons. The molecule has 2 heterocycles. The van der Waals surface area contributed by atoms with Crippen LogP contribution >= 0.6 is 11.6 Å². The van der Waals surface area contributed by atoms with Gasteiger partial charge in [-0.2, -0.15) is 0 Å². The number of anilines is 2. The van der Waals surface area contributed by atoms with Gasteiger partial charge < -0.3 is 15.0 Å². The molecular weight excluding hydrogens is 382 g/mol. The van der Waals surface area contributed by atoms with E-state index in [0.717, 1.165) is 0 Å². The normalized spacial score (nSPS) is 13.1. The van der Waals surface area contributed by atoms with Crippen LogP contribution in [0.25, 0.3) is 5.69 Å². The van der Waals surface area contributed by atoms with Crippen LogP contribution in [0.1, 0.15) is 16.2 Å². The molecule has 9 heteroatoms. The van der Waals surface area contributed by atoms with E-state index in [-0.39, 0.29) is 18.2 Å². The average Bonchev–Trinajstić information content (AvgIpc) is 3.07. The molecule has 1 aliphatic rings. The molecule has 1 aromatic heterocycles. The predicted molar refractivity (Wildman–Crippen MR) is 104 cm³/mol. The third-order valence-electron chi connectivity index (χ3n) is 4.49. The first-order chi connectivity index (χ1) is 13.5. The Morgan fingerprint density at radius 3 is 2.79 bits per heavy atom. The third-order valence-corrected chi connectivity index (χ3v) is 4.81. The summed E-state index contributed by atoms with van der Waals surface area (Å²) in [7, 11) is 1.66. The number of benzene rings is 2. The first-order valence-electron chi connectivity index (χ1n) is 8.47. The topological polar surface area (TPSA) is 89.3 Å². The molecule has 0 fully saturated rings. The summed E-state index contributed by atoms with van der Waals surface area (Å²) in [6, 6.07) is 12.3. The third kappa shape index (κ3) is 3.07. The number of carbonyl (C=O) groups is 2. The maximum atomic E-state index is 12.7. The van der Waals surface area contributed by atoms with Gasteiger partial charge in [0.15, 0.2) is 12.3 Å². The van der Waals surface area contributed by atoms with Crippen molar-refractivity contribution in [1.82, 2.24) is 15.0 Å². The minimum Gasteiger partial charge on any atom is -0.482 e. The Hall–Kier alpha value is -3.39. The summed E-state index contributed by atoms with van der Waals surface area (Å²) in [5.74, 6) is 0.0110. The molecule has 28 heavy (non-hydrogen) atoms. The number of fused-ring (bicyclic) bond motifs is 1. The van der Waals surface area contributed by atoms with Gasteiger partial charge in [0.1, 0.15) is 5.75 Å². The second-order valence-corrected chi connectivity index (χ2v) is 6.67. The number of hydrogen-bond donors (Lipinski definition) is 1. The molecule has 1 N–H and O–H groups in total. The largest absolute Gasteiger partial charge is 0.482 e. The van der Waals surface area contributed by atoms with Gasteiger partial charge in [-0.25, -0.2) is 4.68 Å². The van der Waals surface area contributed by atoms with Crippen LogP contribution in [0.3, 0.4) is 0 Å². The number of halogens is 1. The van der Waals surface area contributed by atoms with E-state index in [9.17, 15) is 9.59 Å². The summed E-state index contributed by atoms with van der Waals surface area (Å²) in [5.41, 5.74) is 2.47. The molecule has 4 rings (SSSR count). The zero-order chi connectivity index (χ0) is 19.8. The second kappa shape index (κ2) is 6.97. The summed E-state index contributed by atoms with van der Waals surface area (Å²) < 4.78 is 6.91. The van der Waals surface area contributed by atoms with Crippen LogP contribution in [0.15, 0.2) is 42.5 Å². The quantitative estimate of drug-likeness (QED) is 0.734. The van der Waals surface area contributed by atoms with E-state index in [1.54, 1.807) is 44.3 Å². The lowest BCUT2D eigenvalue weighted by Crippen LogP contribution is -2.35. The van der Waals surface area contributed by atoms with Gasteiger partial charge in [0.2, 0.25) is 0 Å². The average molecular weight is 398 g/mol. The SMILES string of the molecule is Cc1c(C(=O)Nc2ccc3c(c2)N(C)C(=O)CO3)nnn1-c1ccccc1Cl. The van der Waals surface area contributed by atoms with Gasteiger partial charge in [-0.15, -0.1) is 5.10 Å². The van der Waals surface area contributed by atoms with Crippen LogP contribution < -0.4 is 15.0 Å². The van der Waals surface area contributed by atoms with E-state index in [2.05, 4.69) is 15.6 Å². The molecule has 0 spiro atoms. The van der Waals surface area contributed by atoms with Crippen molar-refractivity contribution >= 4 is 34.8 Å². The Bertz CT molecular complexity index is 1090. The van der Waals surface area contributed by atoms with E-state index in [1.165, 1.54) is 9.58 Å². The molecule has 0 radical (unpaired) electrons. The summed E-state index contributed by atoms with van der Waals surface area (Å²) in [6.45, 7) is 1.74. The number of hydrogen-bond acceptors (Lipinski definition) is 5. The van der Waals surface area contributed by atoms with Gasteiger partial charge in [0, 0.05) is 12.7 Å². The van der Waals surface area contributed by atoms with E-state index in [1.807, 2.05) is 12.1 Å². The van der Waals surface area contributed by atoms with Crippen molar-refractivity contribution in [2.45, 2.75) is 6.92 Å². The summed E-state index contributed by atoms with van der Waals surface area (Å²) in [6.07, 6.45) is 0. The fourth-order valence-electron chi connectivity index (χ4n) is 2.93. The van der Waals surface area contributed by atoms with Crippen LogP contribution in [0.4, 0.5) is 11.4 Å². The lowest BCUT2D eigenvalue weighted by atomic mass is 10.2. The van der Waals surface area contributed by atoms with Gasteiger partial charge >= 0.3 is 0 Å². The standard InChI is InChI=1S/C19H16ClN5O3/c1-11-18(22-23-25(11)14-6-4-3-5-13(14)20)19(27)21-12-7-8-16-15(9-12)24(2)17(26)10-28-16/h3-9H,10H2,1-2H3,(H,21,27). The van der Waals surface area contributed by atoms with Crippen LogP contribution in [0.5, 0.6) is 5.75 Å². The monoisotopic (exact) mass is 397 g/mol. The zero-order valence-electron chi connectivity index (χ0n) is 15.1. The molecule has 0 saturated carbocycles. The Morgan fingerprint density at radius 2 is 2.00 bits per heavy atom. The Labute approximate surface area is 165 Å². The molecule has 0 unspecified atom stereocenters. The van der Waals surface area contributed by atoms with E-state index in [0.29, 0.717) is 33.5 Å². The fourth-order valence-corrected chi connectivity index (χ4v) is 3.15. The van der Waals surface area contributed by atoms with Crippen molar-refractivity contribution in [3.05, 3.63) is 58.9 Å². The first-order valence-corrected chi connectivity index (χ1v) is 8.85. The number of carbonyl (C=O) groups excluding carboxylic acids is 2. The molecule has 2 amide bonds. The molecule has 0 saturated heterocycles. The van der Waals surface area contributed by atoms with Crippen molar-refractivity contribution in [2.24, 2.45) is 0 Å². The highest BCUT2D eigenvalue weighted by molar-refractivity contribution is 6.32. The number of amides is 2. The van der Waals surface area contributed by atoms with Crippen LogP contribution in [-0.2, 0) is 4.79 Å². The van der Waals surface area contributed by atoms with Gasteiger partial charge in [-0.3, -0.25) is 9.59 Å². The molecule has 0 atom stereocenters. The molecule has 2 aromatic carbocycles. The minimum absolute atomic E-state index is 0.000446. The maximum absolute atomic E-state index is 12.7. The van der Waals surface area contributed by atoms with Gasteiger partial charge in [-0.05, 0) is 37.3 Å². The van der Waals surface area contributed by atoms with Crippen LogP contribution in [0.2, 0.25) is 5.02 Å². The highest BCUT2D eigenvalue weighted by Crippen LogP contribution is 2.33. The van der Waals surface area contributed by atoms with Gasteiger partial charge in [0.25, 0.3) is 11.8 Å². The lowest BCUT2D eigenvalue weighted by molar-refractivity contribution is -0.120. The summed E-state index contributed by atoms with van der Waals surface area (Å²) in [4.78, 5) is 26.0. The number of nitrogens with one attached hydrogen (secondary N) is 1. The minimum atomic E-state index is -0.415. The Kier molecular flexibility index (Phi) is 4.48. The van der Waals surface area contributed by atoms with E-state index >= 15 is 0 Å². The molecule has 3 aromatic rings. The summed E-state index contributed by atoms with van der Waals surface area (Å²) >= 11 is 6.21. The number of ether oxygens (including phenoxy) is 1. The van der Waals surface area contributed by atoms with Crippen molar-refractivity contribution in [1.29, 1.82) is 0 Å². The molecule has 1 aliphatic heterocycles. The van der Waals surface area contributed by atoms with Gasteiger partial charge in [0.05, 0.1) is 22.1 Å². The highest BCUT2D eigenvalue weighted by Gasteiger charge is 2.23. The van der Waals surface area contributed by atoms with E-state index < -0.39 is 5.91 Å². The number of para-hydroxylation sites is 1. The second-order valence-electron chi connectivity index (χ2n) is 6.26. The number of rotatable bonds is 3. The lowest BCUT2D eigenvalue weighted by Gasteiger charge is -2.26. The maximum Gasteiger partial charge on any atom is 0.278 e.